The van der Waals surface area contributed by atoms with Crippen LogP contribution in [0.5, 0.6) is 0 Å². The van der Waals surface area contributed by atoms with Crippen LogP contribution in [0.1, 0.15) is 27.0 Å². The standard InChI is InChI=1S/C15H8Br2Cl2F2O/c16-5-7-1-3-9(13(20)11(7)18)15(22)10-4-2-8(6-17)12(19)14(10)21/h1-4H,5-6H2. The second-order valence-electron chi connectivity index (χ2n) is 4.40. The molecular weight excluding hydrogens is 465 g/mol. The van der Waals surface area contributed by atoms with Gasteiger partial charge in [-0.15, -0.1) is 0 Å². The van der Waals surface area contributed by atoms with Crippen molar-refractivity contribution in [3.8, 4) is 0 Å². The molecule has 0 amide bonds. The molecule has 0 N–H and O–H groups in total. The SMILES string of the molecule is O=C(c1ccc(CBr)c(Cl)c1F)c1ccc(CBr)c(Cl)c1F. The van der Waals surface area contributed by atoms with E-state index in [1.165, 1.54) is 24.3 Å². The van der Waals surface area contributed by atoms with Crippen LogP contribution in [-0.2, 0) is 10.7 Å². The summed E-state index contributed by atoms with van der Waals surface area (Å²) in [6.45, 7) is 0. The summed E-state index contributed by atoms with van der Waals surface area (Å²) in [5, 5.41) is 0.368. The normalized spacial score (nSPS) is 10.8. The van der Waals surface area contributed by atoms with Gasteiger partial charge < -0.3 is 0 Å². The van der Waals surface area contributed by atoms with Crippen LogP contribution in [0.25, 0.3) is 0 Å². The molecule has 7 heteroatoms. The minimum atomic E-state index is -0.872. The summed E-state index contributed by atoms with van der Waals surface area (Å²) in [7, 11) is 0. The van der Waals surface area contributed by atoms with Crippen LogP contribution in [0.3, 0.4) is 0 Å². The molecule has 0 saturated heterocycles. The molecule has 0 radical (unpaired) electrons. The van der Waals surface area contributed by atoms with Crippen molar-refractivity contribution in [2.24, 2.45) is 0 Å². The van der Waals surface area contributed by atoms with Gasteiger partial charge in [-0.1, -0.05) is 67.2 Å². The Morgan fingerprint density at radius 2 is 1.23 bits per heavy atom. The average molecular weight is 473 g/mol. The molecule has 0 aromatic heterocycles. The Kier molecular flexibility index (Phi) is 6.00. The van der Waals surface area contributed by atoms with Gasteiger partial charge >= 0.3 is 0 Å². The minimum Gasteiger partial charge on any atom is -0.288 e. The van der Waals surface area contributed by atoms with Gasteiger partial charge in [0.1, 0.15) is 0 Å². The maximum Gasteiger partial charge on any atom is 0.199 e. The highest BCUT2D eigenvalue weighted by molar-refractivity contribution is 9.08. The average Bonchev–Trinajstić information content (AvgIpc) is 2.52. The topological polar surface area (TPSA) is 17.1 Å². The predicted molar refractivity (Wildman–Crippen MR) is 91.5 cm³/mol. The number of hydrogen-bond donors (Lipinski definition) is 0. The van der Waals surface area contributed by atoms with Crippen molar-refractivity contribution in [2.75, 3.05) is 0 Å². The number of benzene rings is 2. The Labute approximate surface area is 152 Å². The summed E-state index contributed by atoms with van der Waals surface area (Å²) < 4.78 is 28.5. The summed E-state index contributed by atoms with van der Waals surface area (Å²) in [4.78, 5) is 12.4. The maximum absolute atomic E-state index is 14.2. The van der Waals surface area contributed by atoms with E-state index in [0.717, 1.165) is 0 Å². The fraction of sp³-hybridized carbons (Fsp3) is 0.133. The molecule has 1 nitrogen and oxygen atoms in total. The van der Waals surface area contributed by atoms with Gasteiger partial charge in [0.2, 0.25) is 0 Å². The molecule has 0 spiro atoms. The Morgan fingerprint density at radius 3 is 1.55 bits per heavy atom. The van der Waals surface area contributed by atoms with Crippen LogP contribution in [-0.4, -0.2) is 5.78 Å². The second-order valence-corrected chi connectivity index (χ2v) is 6.27. The molecule has 0 bridgehead atoms. The third-order valence-electron chi connectivity index (χ3n) is 3.10. The lowest BCUT2D eigenvalue weighted by atomic mass is 10.00. The number of alkyl halides is 2. The summed E-state index contributed by atoms with van der Waals surface area (Å²) in [5.41, 5.74) is 0.417. The van der Waals surface area contributed by atoms with Gasteiger partial charge in [0.25, 0.3) is 0 Å². The van der Waals surface area contributed by atoms with Crippen molar-refractivity contribution in [1.29, 1.82) is 0 Å². The Bertz CT molecular complexity index is 689. The van der Waals surface area contributed by atoms with E-state index in [4.69, 9.17) is 23.2 Å². The quantitative estimate of drug-likeness (QED) is 0.377. The van der Waals surface area contributed by atoms with E-state index in [1.807, 2.05) is 0 Å². The van der Waals surface area contributed by atoms with Crippen molar-refractivity contribution in [3.05, 3.63) is 68.2 Å². The van der Waals surface area contributed by atoms with E-state index in [1.54, 1.807) is 0 Å². The Morgan fingerprint density at radius 1 is 0.864 bits per heavy atom. The van der Waals surface area contributed by atoms with Crippen molar-refractivity contribution in [2.45, 2.75) is 10.7 Å². The molecular formula is C15H8Br2Cl2F2O. The van der Waals surface area contributed by atoms with Gasteiger partial charge in [-0.05, 0) is 23.3 Å². The molecule has 0 aliphatic carbocycles. The largest absolute Gasteiger partial charge is 0.288 e. The molecule has 0 heterocycles. The van der Waals surface area contributed by atoms with Crippen LogP contribution in [0.4, 0.5) is 8.78 Å². The Balaban J connectivity index is 2.54. The van der Waals surface area contributed by atoms with Crippen molar-refractivity contribution < 1.29 is 13.6 Å². The third-order valence-corrected chi connectivity index (χ3v) is 5.13. The van der Waals surface area contributed by atoms with Crippen LogP contribution < -0.4 is 0 Å². The summed E-state index contributed by atoms with van der Waals surface area (Å²) >= 11 is 18.1. The molecule has 0 aliphatic rings. The highest BCUT2D eigenvalue weighted by Gasteiger charge is 2.23. The van der Waals surface area contributed by atoms with E-state index in [9.17, 15) is 13.6 Å². The lowest BCUT2D eigenvalue weighted by Crippen LogP contribution is -2.09. The first-order valence-corrected chi connectivity index (χ1v) is 9.02. The number of halogens is 6. The lowest BCUT2D eigenvalue weighted by Gasteiger charge is -2.10. The van der Waals surface area contributed by atoms with Crippen LogP contribution >= 0.6 is 55.1 Å². The molecule has 0 aliphatic heterocycles. The predicted octanol–water partition coefficient (Wildman–Crippen LogP) is 6.29. The zero-order valence-electron chi connectivity index (χ0n) is 10.9. The van der Waals surface area contributed by atoms with Crippen LogP contribution in [0, 0.1) is 11.6 Å². The van der Waals surface area contributed by atoms with E-state index >= 15 is 0 Å². The molecule has 0 unspecified atom stereocenters. The van der Waals surface area contributed by atoms with Crippen molar-refractivity contribution in [1.82, 2.24) is 0 Å². The number of carbonyl (C=O) groups is 1. The maximum atomic E-state index is 14.2. The molecule has 0 atom stereocenters. The Hall–Kier alpha value is -0.490. The molecule has 2 aromatic carbocycles. The highest BCUT2D eigenvalue weighted by atomic mass is 79.9. The summed E-state index contributed by atoms with van der Waals surface area (Å²) in [5.74, 6) is -2.55. The summed E-state index contributed by atoms with van der Waals surface area (Å²) in [6.07, 6.45) is 0. The van der Waals surface area contributed by atoms with E-state index in [2.05, 4.69) is 31.9 Å². The van der Waals surface area contributed by atoms with Crippen molar-refractivity contribution >= 4 is 60.8 Å². The zero-order valence-corrected chi connectivity index (χ0v) is 15.6. The van der Waals surface area contributed by atoms with Crippen molar-refractivity contribution in [3.63, 3.8) is 0 Å². The van der Waals surface area contributed by atoms with E-state index < -0.39 is 17.4 Å². The van der Waals surface area contributed by atoms with Gasteiger partial charge in [-0.2, -0.15) is 0 Å². The van der Waals surface area contributed by atoms with Crippen LogP contribution in [0.2, 0.25) is 10.0 Å². The van der Waals surface area contributed by atoms with Gasteiger partial charge in [-0.25, -0.2) is 8.78 Å². The number of hydrogen-bond acceptors (Lipinski definition) is 1. The number of carbonyl (C=O) groups excluding carboxylic acids is 1. The second kappa shape index (κ2) is 7.39. The molecule has 2 rings (SSSR count). The molecule has 22 heavy (non-hydrogen) atoms. The molecule has 0 saturated carbocycles. The minimum absolute atomic E-state index is 0.161. The molecule has 0 fully saturated rings. The molecule has 2 aromatic rings. The van der Waals surface area contributed by atoms with Gasteiger partial charge in [0.05, 0.1) is 21.2 Å². The number of rotatable bonds is 4. The lowest BCUT2D eigenvalue weighted by molar-refractivity contribution is 0.103. The van der Waals surface area contributed by atoms with E-state index in [-0.39, 0.29) is 21.2 Å². The highest BCUT2D eigenvalue weighted by Crippen LogP contribution is 2.30. The summed E-state index contributed by atoms with van der Waals surface area (Å²) in [6, 6.07) is 5.59. The third kappa shape index (κ3) is 3.23. The zero-order chi connectivity index (χ0) is 16.4. The van der Waals surface area contributed by atoms with Gasteiger partial charge in [0, 0.05) is 10.7 Å². The monoisotopic (exact) mass is 470 g/mol. The first-order chi connectivity index (χ1) is 10.4. The van der Waals surface area contributed by atoms with Gasteiger partial charge in [-0.3, -0.25) is 4.79 Å². The fourth-order valence-corrected chi connectivity index (χ4v) is 3.60. The number of ketones is 1. The first-order valence-electron chi connectivity index (χ1n) is 6.02. The van der Waals surface area contributed by atoms with Gasteiger partial charge in [0.15, 0.2) is 17.4 Å². The fourth-order valence-electron chi connectivity index (χ4n) is 1.88. The van der Waals surface area contributed by atoms with Crippen LogP contribution in [0.15, 0.2) is 24.3 Å². The molecule has 116 valence electrons. The smallest absolute Gasteiger partial charge is 0.199 e. The van der Waals surface area contributed by atoms with E-state index in [0.29, 0.717) is 21.8 Å². The first kappa shape index (κ1) is 17.9.